The summed E-state index contributed by atoms with van der Waals surface area (Å²) < 4.78 is 29.7. The predicted octanol–water partition coefficient (Wildman–Crippen LogP) is 4.31. The van der Waals surface area contributed by atoms with Gasteiger partial charge in [0.15, 0.2) is 9.84 Å². The molecule has 1 unspecified atom stereocenters. The van der Waals surface area contributed by atoms with Crippen LogP contribution in [0.25, 0.3) is 11.3 Å². The lowest BCUT2D eigenvalue weighted by atomic mass is 10.1. The van der Waals surface area contributed by atoms with Crippen molar-refractivity contribution in [3.8, 4) is 11.3 Å². The fourth-order valence-corrected chi connectivity index (χ4v) is 5.17. The Balaban J connectivity index is 1.77. The number of carbonyl (C=O) groups excluding carboxylic acids is 1. The first-order valence-corrected chi connectivity index (χ1v) is 11.4. The lowest BCUT2D eigenvalue weighted by molar-refractivity contribution is -0.134. The van der Waals surface area contributed by atoms with Gasteiger partial charge in [-0.1, -0.05) is 24.9 Å². The van der Waals surface area contributed by atoms with Crippen molar-refractivity contribution in [2.45, 2.75) is 45.2 Å². The van der Waals surface area contributed by atoms with Gasteiger partial charge in [-0.05, 0) is 49.2 Å². The summed E-state index contributed by atoms with van der Waals surface area (Å²) in [6.07, 6.45) is 2.63. The van der Waals surface area contributed by atoms with E-state index < -0.39 is 9.84 Å². The molecule has 1 aromatic heterocycles. The van der Waals surface area contributed by atoms with Gasteiger partial charge < -0.3 is 9.32 Å². The van der Waals surface area contributed by atoms with E-state index in [0.717, 1.165) is 18.4 Å². The van der Waals surface area contributed by atoms with Crippen molar-refractivity contribution in [3.63, 3.8) is 0 Å². The highest BCUT2D eigenvalue weighted by Crippen LogP contribution is 2.26. The molecule has 5 nitrogen and oxygen atoms in total. The van der Waals surface area contributed by atoms with Crippen molar-refractivity contribution >= 4 is 27.3 Å². The van der Waals surface area contributed by atoms with E-state index in [-0.39, 0.29) is 30.0 Å². The molecule has 146 valence electrons. The zero-order valence-corrected chi connectivity index (χ0v) is 16.9. The van der Waals surface area contributed by atoms with Crippen molar-refractivity contribution in [2.24, 2.45) is 0 Å². The largest absolute Gasteiger partial charge is 0.459 e. The third-order valence-electron chi connectivity index (χ3n) is 4.83. The number of hydrogen-bond donors (Lipinski definition) is 0. The Hall–Kier alpha value is -1.79. The zero-order chi connectivity index (χ0) is 19.4. The van der Waals surface area contributed by atoms with Crippen LogP contribution in [0.15, 0.2) is 40.8 Å². The van der Waals surface area contributed by atoms with E-state index in [1.54, 1.807) is 17.0 Å². The molecule has 1 aliphatic rings. The predicted molar refractivity (Wildman–Crippen MR) is 106 cm³/mol. The number of amides is 1. The maximum absolute atomic E-state index is 12.7. The molecule has 27 heavy (non-hydrogen) atoms. The molecule has 1 aromatic carbocycles. The molecule has 7 heteroatoms. The lowest BCUT2D eigenvalue weighted by Crippen LogP contribution is -2.40. The summed E-state index contributed by atoms with van der Waals surface area (Å²) in [5.41, 5.74) is 0.901. The van der Waals surface area contributed by atoms with Crippen LogP contribution in [-0.4, -0.2) is 36.8 Å². The Bertz CT molecular complexity index is 889. The van der Waals surface area contributed by atoms with Crippen LogP contribution in [0.2, 0.25) is 5.02 Å². The first-order valence-electron chi connectivity index (χ1n) is 9.22. The van der Waals surface area contributed by atoms with Gasteiger partial charge >= 0.3 is 0 Å². The number of hydrogen-bond acceptors (Lipinski definition) is 4. The molecule has 1 atom stereocenters. The summed E-state index contributed by atoms with van der Waals surface area (Å²) in [6.45, 7) is 2.32. The maximum Gasteiger partial charge on any atom is 0.223 e. The molecule has 0 bridgehead atoms. The molecule has 2 aromatic rings. The van der Waals surface area contributed by atoms with Crippen LogP contribution in [0, 0.1) is 0 Å². The SMILES string of the molecule is CCCCC(=O)N(Cc1ccc(-c2ccc(Cl)cc2)o1)C1CCS(=O)(=O)C1. The minimum Gasteiger partial charge on any atom is -0.459 e. The fourth-order valence-electron chi connectivity index (χ4n) is 3.31. The molecule has 1 amide bonds. The molecule has 2 heterocycles. The van der Waals surface area contributed by atoms with Gasteiger partial charge in [0.2, 0.25) is 5.91 Å². The summed E-state index contributed by atoms with van der Waals surface area (Å²) in [7, 11) is -3.07. The van der Waals surface area contributed by atoms with Gasteiger partial charge in [-0.2, -0.15) is 0 Å². The summed E-state index contributed by atoms with van der Waals surface area (Å²) in [4.78, 5) is 14.4. The van der Waals surface area contributed by atoms with Crippen molar-refractivity contribution in [1.82, 2.24) is 4.90 Å². The first kappa shape index (κ1) is 20.0. The van der Waals surface area contributed by atoms with Crippen LogP contribution >= 0.6 is 11.6 Å². The summed E-state index contributed by atoms with van der Waals surface area (Å²) >= 11 is 5.92. The van der Waals surface area contributed by atoms with Crippen molar-refractivity contribution in [2.75, 3.05) is 11.5 Å². The van der Waals surface area contributed by atoms with Crippen LogP contribution in [0.4, 0.5) is 0 Å². The molecule has 0 N–H and O–H groups in total. The first-order chi connectivity index (χ1) is 12.9. The van der Waals surface area contributed by atoms with Gasteiger partial charge in [-0.25, -0.2) is 8.42 Å². The highest BCUT2D eigenvalue weighted by atomic mass is 35.5. The Kier molecular flexibility index (Phi) is 6.27. The zero-order valence-electron chi connectivity index (χ0n) is 15.4. The number of nitrogens with zero attached hydrogens (tertiary/aromatic N) is 1. The van der Waals surface area contributed by atoms with E-state index in [9.17, 15) is 13.2 Å². The van der Waals surface area contributed by atoms with Crippen LogP contribution in [0.5, 0.6) is 0 Å². The number of halogens is 1. The van der Waals surface area contributed by atoms with Crippen molar-refractivity contribution < 1.29 is 17.6 Å². The van der Waals surface area contributed by atoms with E-state index in [1.165, 1.54) is 0 Å². The molecule has 1 fully saturated rings. The second-order valence-corrected chi connectivity index (χ2v) is 9.62. The second kappa shape index (κ2) is 8.48. The molecule has 0 aliphatic carbocycles. The minimum atomic E-state index is -3.07. The van der Waals surface area contributed by atoms with E-state index in [4.69, 9.17) is 16.0 Å². The fraction of sp³-hybridized carbons (Fsp3) is 0.450. The van der Waals surface area contributed by atoms with E-state index in [1.807, 2.05) is 31.2 Å². The normalized spacial score (nSPS) is 18.5. The Morgan fingerprint density at radius 1 is 1.22 bits per heavy atom. The topological polar surface area (TPSA) is 67.6 Å². The van der Waals surface area contributed by atoms with Gasteiger partial charge in [0, 0.05) is 23.0 Å². The monoisotopic (exact) mass is 409 g/mol. The maximum atomic E-state index is 12.7. The highest BCUT2D eigenvalue weighted by molar-refractivity contribution is 7.91. The molecule has 1 aliphatic heterocycles. The summed E-state index contributed by atoms with van der Waals surface area (Å²) in [6, 6.07) is 10.8. The van der Waals surface area contributed by atoms with Crippen LogP contribution in [0.3, 0.4) is 0 Å². The molecular weight excluding hydrogens is 386 g/mol. The van der Waals surface area contributed by atoms with Crippen molar-refractivity contribution in [3.05, 3.63) is 47.2 Å². The summed E-state index contributed by atoms with van der Waals surface area (Å²) in [5.74, 6) is 1.51. The quantitative estimate of drug-likeness (QED) is 0.683. The average molecular weight is 410 g/mol. The second-order valence-electron chi connectivity index (χ2n) is 6.95. The van der Waals surface area contributed by atoms with Crippen molar-refractivity contribution in [1.29, 1.82) is 0 Å². The Labute approximate surface area is 165 Å². The highest BCUT2D eigenvalue weighted by Gasteiger charge is 2.34. The minimum absolute atomic E-state index is 0.0107. The lowest BCUT2D eigenvalue weighted by Gasteiger charge is -2.27. The standard InChI is InChI=1S/C20H24ClNO4S/c1-2-3-4-20(23)22(17-11-12-27(24,25)14-17)13-18-9-10-19(26-18)15-5-7-16(21)8-6-15/h5-10,17H,2-4,11-14H2,1H3. The number of rotatable bonds is 7. The number of sulfone groups is 1. The number of unbranched alkanes of at least 4 members (excludes halogenated alkanes) is 1. The van der Waals surface area contributed by atoms with Gasteiger partial charge in [-0.3, -0.25) is 4.79 Å². The molecule has 0 saturated carbocycles. The molecule has 1 saturated heterocycles. The van der Waals surface area contributed by atoms with E-state index >= 15 is 0 Å². The average Bonchev–Trinajstić information content (AvgIpc) is 3.24. The van der Waals surface area contributed by atoms with Gasteiger partial charge in [0.1, 0.15) is 11.5 Å². The molecule has 0 radical (unpaired) electrons. The van der Waals surface area contributed by atoms with Gasteiger partial charge in [-0.15, -0.1) is 0 Å². The molecular formula is C20H24ClNO4S. The third kappa shape index (κ3) is 5.14. The van der Waals surface area contributed by atoms with Crippen LogP contribution in [0.1, 0.15) is 38.4 Å². The van der Waals surface area contributed by atoms with E-state index in [2.05, 4.69) is 0 Å². The number of carbonyl (C=O) groups is 1. The number of benzene rings is 1. The smallest absolute Gasteiger partial charge is 0.223 e. The summed E-state index contributed by atoms with van der Waals surface area (Å²) in [5, 5.41) is 0.653. The third-order valence-corrected chi connectivity index (χ3v) is 6.83. The van der Waals surface area contributed by atoms with E-state index in [0.29, 0.717) is 29.4 Å². The molecule has 0 spiro atoms. The van der Waals surface area contributed by atoms with Crippen LogP contribution in [-0.2, 0) is 21.2 Å². The number of furan rings is 1. The Morgan fingerprint density at radius 3 is 2.59 bits per heavy atom. The van der Waals surface area contributed by atoms with Gasteiger partial charge in [0.05, 0.1) is 18.1 Å². The van der Waals surface area contributed by atoms with Gasteiger partial charge in [0.25, 0.3) is 0 Å². The van der Waals surface area contributed by atoms with Crippen LogP contribution < -0.4 is 0 Å². The Morgan fingerprint density at radius 2 is 1.96 bits per heavy atom. The molecule has 3 rings (SSSR count).